The van der Waals surface area contributed by atoms with Crippen LogP contribution in [0.25, 0.3) is 11.3 Å². The Hall–Kier alpha value is -2.34. The Morgan fingerprint density at radius 3 is 2.46 bits per heavy atom. The first-order valence-electron chi connectivity index (χ1n) is 8.09. The SMILES string of the molecule is C[C@@H](CO)Nc1nc(Nc2ccc(Cl)c(Cl)c2)cc(-c2ccccc2)n1. The number of aromatic nitrogens is 2. The fraction of sp³-hybridized carbons (Fsp3) is 0.158. The first-order chi connectivity index (χ1) is 12.5. The van der Waals surface area contributed by atoms with Crippen molar-refractivity contribution in [2.24, 2.45) is 0 Å². The normalized spacial score (nSPS) is 11.8. The Morgan fingerprint density at radius 1 is 1.00 bits per heavy atom. The third-order valence-electron chi connectivity index (χ3n) is 3.64. The molecule has 0 saturated heterocycles. The van der Waals surface area contributed by atoms with Gasteiger partial charge in [-0.2, -0.15) is 4.98 Å². The van der Waals surface area contributed by atoms with E-state index in [9.17, 15) is 5.11 Å². The Labute approximate surface area is 162 Å². The van der Waals surface area contributed by atoms with Gasteiger partial charge in [-0.1, -0.05) is 53.5 Å². The van der Waals surface area contributed by atoms with Crippen LogP contribution in [0.4, 0.5) is 17.5 Å². The second-order valence-corrected chi connectivity index (χ2v) is 6.62. The van der Waals surface area contributed by atoms with Gasteiger partial charge in [0.05, 0.1) is 22.3 Å². The van der Waals surface area contributed by atoms with E-state index >= 15 is 0 Å². The van der Waals surface area contributed by atoms with Crippen LogP contribution in [0.2, 0.25) is 10.0 Å². The van der Waals surface area contributed by atoms with Gasteiger partial charge in [-0.25, -0.2) is 4.98 Å². The average molecular weight is 389 g/mol. The van der Waals surface area contributed by atoms with Crippen molar-refractivity contribution in [3.05, 3.63) is 64.6 Å². The van der Waals surface area contributed by atoms with Crippen LogP contribution < -0.4 is 10.6 Å². The molecule has 0 saturated carbocycles. The molecule has 26 heavy (non-hydrogen) atoms. The lowest BCUT2D eigenvalue weighted by Crippen LogP contribution is -2.21. The number of halogens is 2. The number of nitrogens with one attached hydrogen (secondary N) is 2. The largest absolute Gasteiger partial charge is 0.394 e. The maximum Gasteiger partial charge on any atom is 0.225 e. The lowest BCUT2D eigenvalue weighted by Gasteiger charge is -2.14. The highest BCUT2D eigenvalue weighted by atomic mass is 35.5. The first kappa shape index (κ1) is 18.5. The zero-order valence-electron chi connectivity index (χ0n) is 14.1. The van der Waals surface area contributed by atoms with Crippen LogP contribution in [-0.2, 0) is 0 Å². The number of aliphatic hydroxyl groups is 1. The molecule has 5 nitrogen and oxygen atoms in total. The molecule has 0 bridgehead atoms. The van der Waals surface area contributed by atoms with Crippen LogP contribution in [0, 0.1) is 0 Å². The summed E-state index contributed by atoms with van der Waals surface area (Å²) in [6, 6.07) is 16.8. The second kappa shape index (κ2) is 8.36. The van der Waals surface area contributed by atoms with Crippen LogP contribution in [-0.4, -0.2) is 27.7 Å². The fourth-order valence-electron chi connectivity index (χ4n) is 2.32. The van der Waals surface area contributed by atoms with Gasteiger partial charge in [-0.3, -0.25) is 0 Å². The summed E-state index contributed by atoms with van der Waals surface area (Å²) < 4.78 is 0. The molecule has 2 aromatic carbocycles. The molecule has 7 heteroatoms. The van der Waals surface area contributed by atoms with E-state index in [0.29, 0.717) is 21.8 Å². The molecule has 0 radical (unpaired) electrons. The molecule has 3 aromatic rings. The van der Waals surface area contributed by atoms with E-state index in [1.165, 1.54) is 0 Å². The van der Waals surface area contributed by atoms with Gasteiger partial charge < -0.3 is 15.7 Å². The standard InChI is InChI=1S/C19H18Cl2N4O/c1-12(11-26)22-19-24-17(13-5-3-2-4-6-13)10-18(25-19)23-14-7-8-15(20)16(21)9-14/h2-10,12,26H,11H2,1H3,(H2,22,23,24,25)/t12-/m0/s1. The van der Waals surface area contributed by atoms with Gasteiger partial charge in [0.2, 0.25) is 5.95 Å². The molecule has 1 atom stereocenters. The van der Waals surface area contributed by atoms with Gasteiger partial charge >= 0.3 is 0 Å². The van der Waals surface area contributed by atoms with E-state index in [1.807, 2.05) is 49.4 Å². The van der Waals surface area contributed by atoms with Crippen molar-refractivity contribution in [1.29, 1.82) is 0 Å². The monoisotopic (exact) mass is 388 g/mol. The summed E-state index contributed by atoms with van der Waals surface area (Å²) in [4.78, 5) is 9.02. The van der Waals surface area contributed by atoms with Crippen molar-refractivity contribution in [1.82, 2.24) is 9.97 Å². The molecule has 134 valence electrons. The smallest absolute Gasteiger partial charge is 0.225 e. The van der Waals surface area contributed by atoms with Gasteiger partial charge in [0.15, 0.2) is 0 Å². The van der Waals surface area contributed by atoms with Crippen LogP contribution >= 0.6 is 23.2 Å². The Morgan fingerprint density at radius 2 is 1.77 bits per heavy atom. The number of hydrogen-bond acceptors (Lipinski definition) is 5. The Kier molecular flexibility index (Phi) is 5.93. The third kappa shape index (κ3) is 4.64. The average Bonchev–Trinajstić information content (AvgIpc) is 2.65. The van der Waals surface area contributed by atoms with E-state index in [2.05, 4.69) is 20.6 Å². The van der Waals surface area contributed by atoms with E-state index in [0.717, 1.165) is 16.9 Å². The summed E-state index contributed by atoms with van der Waals surface area (Å²) in [5, 5.41) is 16.5. The van der Waals surface area contributed by atoms with Crippen LogP contribution in [0.3, 0.4) is 0 Å². The summed E-state index contributed by atoms with van der Waals surface area (Å²) in [5.41, 5.74) is 2.49. The lowest BCUT2D eigenvalue weighted by atomic mass is 10.1. The predicted molar refractivity (Wildman–Crippen MR) is 107 cm³/mol. The summed E-state index contributed by atoms with van der Waals surface area (Å²) in [6.45, 7) is 1.83. The zero-order valence-corrected chi connectivity index (χ0v) is 15.6. The highest BCUT2D eigenvalue weighted by Crippen LogP contribution is 2.28. The van der Waals surface area contributed by atoms with Crippen LogP contribution in [0.1, 0.15) is 6.92 Å². The van der Waals surface area contributed by atoms with Crippen LogP contribution in [0.15, 0.2) is 54.6 Å². The van der Waals surface area contributed by atoms with E-state index in [4.69, 9.17) is 23.2 Å². The van der Waals surface area contributed by atoms with Gasteiger partial charge in [0.1, 0.15) is 5.82 Å². The molecule has 0 amide bonds. The van der Waals surface area contributed by atoms with Gasteiger partial charge in [-0.05, 0) is 25.1 Å². The minimum atomic E-state index is -0.168. The van der Waals surface area contributed by atoms with Gasteiger partial charge in [0, 0.05) is 23.4 Å². The molecule has 0 unspecified atom stereocenters. The maximum absolute atomic E-state index is 9.28. The molecule has 0 fully saturated rings. The molecule has 0 spiro atoms. The summed E-state index contributed by atoms with van der Waals surface area (Å²) in [7, 11) is 0. The number of hydrogen-bond donors (Lipinski definition) is 3. The van der Waals surface area contributed by atoms with Gasteiger partial charge in [0.25, 0.3) is 0 Å². The number of aliphatic hydroxyl groups excluding tert-OH is 1. The molecular formula is C19H18Cl2N4O. The van der Waals surface area contributed by atoms with E-state index in [1.54, 1.807) is 12.1 Å². The molecule has 0 aliphatic heterocycles. The van der Waals surface area contributed by atoms with Crippen molar-refractivity contribution in [3.63, 3.8) is 0 Å². The van der Waals surface area contributed by atoms with Gasteiger partial charge in [-0.15, -0.1) is 0 Å². The molecule has 1 heterocycles. The minimum absolute atomic E-state index is 0.0194. The molecular weight excluding hydrogens is 371 g/mol. The quantitative estimate of drug-likeness (QED) is 0.554. The fourth-order valence-corrected chi connectivity index (χ4v) is 2.62. The Balaban J connectivity index is 1.97. The van der Waals surface area contributed by atoms with Crippen molar-refractivity contribution in [2.75, 3.05) is 17.2 Å². The molecule has 0 aliphatic carbocycles. The Bertz CT molecular complexity index is 890. The lowest BCUT2D eigenvalue weighted by molar-refractivity contribution is 0.281. The zero-order chi connectivity index (χ0) is 18.5. The first-order valence-corrected chi connectivity index (χ1v) is 8.84. The molecule has 0 aliphatic rings. The topological polar surface area (TPSA) is 70.1 Å². The second-order valence-electron chi connectivity index (χ2n) is 5.81. The van der Waals surface area contributed by atoms with E-state index < -0.39 is 0 Å². The van der Waals surface area contributed by atoms with Crippen molar-refractivity contribution in [3.8, 4) is 11.3 Å². The highest BCUT2D eigenvalue weighted by molar-refractivity contribution is 6.42. The highest BCUT2D eigenvalue weighted by Gasteiger charge is 2.10. The van der Waals surface area contributed by atoms with Crippen molar-refractivity contribution in [2.45, 2.75) is 13.0 Å². The number of rotatable bonds is 6. The minimum Gasteiger partial charge on any atom is -0.394 e. The summed E-state index contributed by atoms with van der Waals surface area (Å²) in [6.07, 6.45) is 0. The number of nitrogens with zero attached hydrogens (tertiary/aromatic N) is 2. The van der Waals surface area contributed by atoms with Crippen LogP contribution in [0.5, 0.6) is 0 Å². The predicted octanol–water partition coefficient (Wildman–Crippen LogP) is 4.99. The van der Waals surface area contributed by atoms with Crippen molar-refractivity contribution >= 4 is 40.7 Å². The number of anilines is 3. The number of benzene rings is 2. The third-order valence-corrected chi connectivity index (χ3v) is 4.38. The summed E-state index contributed by atoms with van der Waals surface area (Å²) >= 11 is 12.0. The molecule has 1 aromatic heterocycles. The van der Waals surface area contributed by atoms with E-state index in [-0.39, 0.29) is 12.6 Å². The molecule has 3 N–H and O–H groups in total. The molecule has 3 rings (SSSR count). The maximum atomic E-state index is 9.28. The summed E-state index contributed by atoms with van der Waals surface area (Å²) in [5.74, 6) is 1.03. The van der Waals surface area contributed by atoms with Crippen molar-refractivity contribution < 1.29 is 5.11 Å².